The van der Waals surface area contributed by atoms with Crippen molar-refractivity contribution in [1.29, 1.82) is 0 Å². The minimum atomic E-state index is -0.456. The summed E-state index contributed by atoms with van der Waals surface area (Å²) in [6.07, 6.45) is 5.49. The number of carbonyl (C=O) groups excluding carboxylic acids is 2. The van der Waals surface area contributed by atoms with Crippen LogP contribution in [-0.2, 0) is 11.3 Å². The van der Waals surface area contributed by atoms with Gasteiger partial charge in [0.2, 0.25) is 0 Å². The molecule has 10 heteroatoms. The van der Waals surface area contributed by atoms with Crippen molar-refractivity contribution in [2.24, 2.45) is 0 Å². The Balaban J connectivity index is 0.00000408. The zero-order valence-electron chi connectivity index (χ0n) is 19.6. The molecular formula is C24H31ClN6O3. The molecule has 0 saturated heterocycles. The van der Waals surface area contributed by atoms with Gasteiger partial charge in [-0.2, -0.15) is 0 Å². The molecule has 2 aromatic heterocycles. The number of urea groups is 1. The Morgan fingerprint density at radius 1 is 1.06 bits per heavy atom. The number of rotatable bonds is 9. The standard InChI is InChI=1S/C24H30N6O3.ClH/c1-4-26-23(31)29-22-14-20-19(17-8-10-25-11-9-17)7-6-18(21(20)16-27-22)15-28-24(32)33-13-5-12-30(2)3;/h6-11,14,16H,4-5,12-13,15H2,1-3H3,(H,28,32)(H2,26,27,29,31);1H. The monoisotopic (exact) mass is 486 g/mol. The van der Waals surface area contributed by atoms with Crippen LogP contribution in [0, 0.1) is 0 Å². The van der Waals surface area contributed by atoms with Crippen LogP contribution in [0.3, 0.4) is 0 Å². The molecule has 3 N–H and O–H groups in total. The fourth-order valence-corrected chi connectivity index (χ4v) is 3.39. The summed E-state index contributed by atoms with van der Waals surface area (Å²) in [5.74, 6) is 0.439. The largest absolute Gasteiger partial charge is 0.450 e. The molecule has 3 amide bonds. The third-order valence-electron chi connectivity index (χ3n) is 4.97. The number of ether oxygens (including phenoxy) is 1. The number of pyridine rings is 2. The first-order valence-corrected chi connectivity index (χ1v) is 10.9. The average molecular weight is 487 g/mol. The number of alkyl carbamates (subject to hydrolysis) is 1. The smallest absolute Gasteiger partial charge is 0.407 e. The van der Waals surface area contributed by atoms with Crippen molar-refractivity contribution < 1.29 is 14.3 Å². The summed E-state index contributed by atoms with van der Waals surface area (Å²) in [4.78, 5) is 34.6. The van der Waals surface area contributed by atoms with Crippen LogP contribution in [0.2, 0.25) is 0 Å². The van der Waals surface area contributed by atoms with Crippen LogP contribution in [0.15, 0.2) is 48.9 Å². The second kappa shape index (κ2) is 13.3. The minimum Gasteiger partial charge on any atom is -0.450 e. The number of halogens is 1. The predicted molar refractivity (Wildman–Crippen MR) is 136 cm³/mol. The fraction of sp³-hybridized carbons (Fsp3) is 0.333. The summed E-state index contributed by atoms with van der Waals surface area (Å²) in [6.45, 7) is 3.88. The van der Waals surface area contributed by atoms with Gasteiger partial charge in [-0.3, -0.25) is 10.3 Å². The van der Waals surface area contributed by atoms with Gasteiger partial charge in [0.25, 0.3) is 0 Å². The van der Waals surface area contributed by atoms with E-state index in [-0.39, 0.29) is 18.4 Å². The van der Waals surface area contributed by atoms with E-state index in [1.807, 2.05) is 56.3 Å². The zero-order valence-corrected chi connectivity index (χ0v) is 20.4. The summed E-state index contributed by atoms with van der Waals surface area (Å²) >= 11 is 0. The third kappa shape index (κ3) is 7.57. The van der Waals surface area contributed by atoms with Crippen LogP contribution in [0.1, 0.15) is 18.9 Å². The SMILES string of the molecule is CCNC(=O)Nc1cc2c(-c3ccncc3)ccc(CNC(=O)OCCCN(C)C)c2cn1.Cl. The Morgan fingerprint density at radius 3 is 2.53 bits per heavy atom. The molecule has 0 aliphatic heterocycles. The maximum atomic E-state index is 12.1. The number of nitrogens with one attached hydrogen (secondary N) is 3. The summed E-state index contributed by atoms with van der Waals surface area (Å²) < 4.78 is 5.25. The lowest BCUT2D eigenvalue weighted by Crippen LogP contribution is -2.28. The molecule has 0 fully saturated rings. The van der Waals surface area contributed by atoms with Gasteiger partial charge in [0.05, 0.1) is 6.61 Å². The van der Waals surface area contributed by atoms with Crippen LogP contribution in [0.25, 0.3) is 21.9 Å². The first kappa shape index (κ1) is 26.8. The summed E-state index contributed by atoms with van der Waals surface area (Å²) in [5, 5.41) is 10.0. The molecule has 0 radical (unpaired) electrons. The van der Waals surface area contributed by atoms with E-state index >= 15 is 0 Å². The number of hydrogen-bond acceptors (Lipinski definition) is 6. The van der Waals surface area contributed by atoms with E-state index in [2.05, 4.69) is 25.9 Å². The van der Waals surface area contributed by atoms with E-state index < -0.39 is 6.09 Å². The van der Waals surface area contributed by atoms with Gasteiger partial charge in [0.15, 0.2) is 0 Å². The molecule has 34 heavy (non-hydrogen) atoms. The molecule has 0 aliphatic carbocycles. The third-order valence-corrected chi connectivity index (χ3v) is 4.97. The molecule has 3 rings (SSSR count). The number of anilines is 1. The van der Waals surface area contributed by atoms with E-state index in [0.29, 0.717) is 25.5 Å². The number of hydrogen-bond donors (Lipinski definition) is 3. The number of carbonyl (C=O) groups is 2. The van der Waals surface area contributed by atoms with Crippen molar-refractivity contribution in [1.82, 2.24) is 25.5 Å². The maximum Gasteiger partial charge on any atom is 0.407 e. The molecule has 182 valence electrons. The van der Waals surface area contributed by atoms with E-state index in [0.717, 1.165) is 40.4 Å². The normalized spacial score (nSPS) is 10.5. The molecule has 1 aromatic carbocycles. The summed E-state index contributed by atoms with van der Waals surface area (Å²) in [5.41, 5.74) is 2.86. The van der Waals surface area contributed by atoms with Crippen LogP contribution < -0.4 is 16.0 Å². The molecule has 0 saturated carbocycles. The Labute approximate surface area is 205 Å². The van der Waals surface area contributed by atoms with E-state index in [1.165, 1.54) is 0 Å². The highest BCUT2D eigenvalue weighted by Crippen LogP contribution is 2.31. The highest BCUT2D eigenvalue weighted by Gasteiger charge is 2.12. The number of nitrogens with zero attached hydrogens (tertiary/aromatic N) is 3. The van der Waals surface area contributed by atoms with Gasteiger partial charge in [-0.25, -0.2) is 14.6 Å². The Morgan fingerprint density at radius 2 is 1.82 bits per heavy atom. The van der Waals surface area contributed by atoms with Crippen molar-refractivity contribution in [3.8, 4) is 11.1 Å². The van der Waals surface area contributed by atoms with E-state index in [1.54, 1.807) is 18.6 Å². The van der Waals surface area contributed by atoms with Crippen molar-refractivity contribution in [2.45, 2.75) is 19.9 Å². The molecular weight excluding hydrogens is 456 g/mol. The molecule has 2 heterocycles. The lowest BCUT2D eigenvalue weighted by molar-refractivity contribution is 0.141. The lowest BCUT2D eigenvalue weighted by atomic mass is 9.96. The van der Waals surface area contributed by atoms with Gasteiger partial charge < -0.3 is 20.3 Å². The molecule has 0 atom stereocenters. The van der Waals surface area contributed by atoms with Crippen LogP contribution in [0.4, 0.5) is 15.4 Å². The molecule has 0 bridgehead atoms. The number of aromatic nitrogens is 2. The highest BCUT2D eigenvalue weighted by molar-refractivity contribution is 6.00. The van der Waals surface area contributed by atoms with Crippen molar-refractivity contribution in [3.63, 3.8) is 0 Å². The summed E-state index contributed by atoms with van der Waals surface area (Å²) in [6, 6.07) is 9.33. The molecule has 9 nitrogen and oxygen atoms in total. The fourth-order valence-electron chi connectivity index (χ4n) is 3.39. The zero-order chi connectivity index (χ0) is 23.6. The van der Waals surface area contributed by atoms with Gasteiger partial charge in [0, 0.05) is 43.6 Å². The minimum absolute atomic E-state index is 0. The predicted octanol–water partition coefficient (Wildman–Crippen LogP) is 4.04. The van der Waals surface area contributed by atoms with E-state index in [9.17, 15) is 9.59 Å². The first-order chi connectivity index (χ1) is 16.0. The van der Waals surface area contributed by atoms with Crippen molar-refractivity contribution >= 4 is 41.1 Å². The van der Waals surface area contributed by atoms with Gasteiger partial charge in [-0.1, -0.05) is 12.1 Å². The number of benzene rings is 1. The Hall–Kier alpha value is -3.43. The Bertz CT molecular complexity index is 1090. The van der Waals surface area contributed by atoms with Gasteiger partial charge in [-0.15, -0.1) is 12.4 Å². The second-order valence-electron chi connectivity index (χ2n) is 7.75. The quantitative estimate of drug-likeness (QED) is 0.394. The first-order valence-electron chi connectivity index (χ1n) is 10.9. The molecule has 0 spiro atoms. The Kier molecular flexibility index (Phi) is 10.5. The second-order valence-corrected chi connectivity index (χ2v) is 7.75. The number of amides is 3. The topological polar surface area (TPSA) is 108 Å². The van der Waals surface area contributed by atoms with E-state index in [4.69, 9.17) is 4.74 Å². The van der Waals surface area contributed by atoms with Gasteiger partial charge in [-0.05, 0) is 67.7 Å². The molecule has 0 aliphatic rings. The number of fused-ring (bicyclic) bond motifs is 1. The lowest BCUT2D eigenvalue weighted by Gasteiger charge is -2.14. The van der Waals surface area contributed by atoms with Gasteiger partial charge in [0.1, 0.15) is 5.82 Å². The van der Waals surface area contributed by atoms with Crippen LogP contribution in [0.5, 0.6) is 0 Å². The van der Waals surface area contributed by atoms with Crippen LogP contribution >= 0.6 is 12.4 Å². The molecule has 3 aromatic rings. The van der Waals surface area contributed by atoms with Gasteiger partial charge >= 0.3 is 12.1 Å². The average Bonchev–Trinajstić information content (AvgIpc) is 2.80. The maximum absolute atomic E-state index is 12.1. The van der Waals surface area contributed by atoms with Crippen molar-refractivity contribution in [3.05, 3.63) is 54.5 Å². The van der Waals surface area contributed by atoms with Crippen molar-refractivity contribution in [2.75, 3.05) is 39.1 Å². The molecule has 0 unspecified atom stereocenters. The summed E-state index contributed by atoms with van der Waals surface area (Å²) in [7, 11) is 3.96. The van der Waals surface area contributed by atoms with Crippen LogP contribution in [-0.4, -0.2) is 60.8 Å². The highest BCUT2D eigenvalue weighted by atomic mass is 35.5.